The van der Waals surface area contributed by atoms with E-state index in [4.69, 9.17) is 0 Å². The number of allylic oxidation sites excluding steroid dienone is 2. The molecule has 74 valence electrons. The van der Waals surface area contributed by atoms with Gasteiger partial charge in [-0.15, -0.1) is 0 Å². The van der Waals surface area contributed by atoms with Crippen molar-refractivity contribution in [2.75, 3.05) is 0 Å². The van der Waals surface area contributed by atoms with Gasteiger partial charge in [-0.05, 0) is 46.4 Å². The molecule has 0 amide bonds. The van der Waals surface area contributed by atoms with Crippen LogP contribution in [-0.4, -0.2) is 0 Å². The quantitative estimate of drug-likeness (QED) is 0.627. The molecule has 0 spiro atoms. The molecule has 0 saturated heterocycles. The Bertz CT molecular complexity index is 568. The van der Waals surface area contributed by atoms with Gasteiger partial charge in [-0.25, -0.2) is 0 Å². The molecule has 0 unspecified atom stereocenters. The van der Waals surface area contributed by atoms with Gasteiger partial charge < -0.3 is 0 Å². The van der Waals surface area contributed by atoms with Gasteiger partial charge in [0, 0.05) is 0 Å². The molecule has 0 heterocycles. The third-order valence-corrected chi connectivity index (χ3v) is 3.44. The molecule has 0 bridgehead atoms. The molecule has 2 aromatic rings. The van der Waals surface area contributed by atoms with E-state index in [0.29, 0.717) is 0 Å². The van der Waals surface area contributed by atoms with E-state index < -0.39 is 0 Å². The lowest BCUT2D eigenvalue weighted by Crippen LogP contribution is -1.79. The maximum atomic E-state index is 2.25. The highest BCUT2D eigenvalue weighted by Crippen LogP contribution is 2.42. The molecule has 0 radical (unpaired) electrons. The second-order valence-corrected chi connectivity index (χ2v) is 4.17. The van der Waals surface area contributed by atoms with Crippen LogP contribution < -0.4 is 0 Å². The minimum Gasteiger partial charge on any atom is -0.0613 e. The lowest BCUT2D eigenvalue weighted by atomic mass is 10.0. The van der Waals surface area contributed by atoms with Crippen LogP contribution in [0.2, 0.25) is 0 Å². The average Bonchev–Trinajstić information content (AvgIpc) is 2.55. The molecule has 0 aromatic heterocycles. The first-order valence-electron chi connectivity index (χ1n) is 5.55. The molecule has 0 fully saturated rings. The summed E-state index contributed by atoms with van der Waals surface area (Å²) in [5, 5.41) is 2.82. The van der Waals surface area contributed by atoms with Gasteiger partial charge >= 0.3 is 0 Å². The average molecular weight is 194 g/mol. The monoisotopic (exact) mass is 194 g/mol. The topological polar surface area (TPSA) is 0 Å². The van der Waals surface area contributed by atoms with Gasteiger partial charge in [0.2, 0.25) is 0 Å². The zero-order chi connectivity index (χ0) is 10.4. The van der Waals surface area contributed by atoms with Gasteiger partial charge in [0.05, 0.1) is 0 Å². The van der Waals surface area contributed by atoms with Crippen LogP contribution >= 0.6 is 0 Å². The van der Waals surface area contributed by atoms with E-state index in [1.165, 1.54) is 33.0 Å². The molecule has 0 atom stereocenters. The first-order chi connectivity index (χ1) is 7.33. The molecule has 0 heteroatoms. The van der Waals surface area contributed by atoms with Crippen LogP contribution in [0.25, 0.3) is 21.9 Å². The first kappa shape index (κ1) is 8.72. The highest BCUT2D eigenvalue weighted by Gasteiger charge is 2.18. The van der Waals surface area contributed by atoms with Crippen molar-refractivity contribution in [3.8, 4) is 0 Å². The summed E-state index contributed by atoms with van der Waals surface area (Å²) < 4.78 is 0. The summed E-state index contributed by atoms with van der Waals surface area (Å²) in [6.07, 6.45) is 1.12. The molecule has 1 aliphatic rings. The van der Waals surface area contributed by atoms with E-state index in [2.05, 4.69) is 50.2 Å². The fraction of sp³-hybridized carbons (Fsp3) is 0.200. The summed E-state index contributed by atoms with van der Waals surface area (Å²) in [5.41, 5.74) is 5.86. The Morgan fingerprint density at radius 3 is 2.27 bits per heavy atom. The third-order valence-electron chi connectivity index (χ3n) is 3.44. The van der Waals surface area contributed by atoms with Gasteiger partial charge in [-0.1, -0.05) is 43.3 Å². The number of rotatable bonds is 1. The smallest absolute Gasteiger partial charge is 0.00332 e. The van der Waals surface area contributed by atoms with Gasteiger partial charge in [0.25, 0.3) is 0 Å². The van der Waals surface area contributed by atoms with E-state index in [9.17, 15) is 0 Å². The molecule has 0 aliphatic heterocycles. The van der Waals surface area contributed by atoms with Crippen molar-refractivity contribution < 1.29 is 0 Å². The largest absolute Gasteiger partial charge is 0.0613 e. The van der Waals surface area contributed by atoms with Crippen LogP contribution in [0, 0.1) is 0 Å². The maximum Gasteiger partial charge on any atom is -0.00332 e. The molecule has 1 aliphatic carbocycles. The Labute approximate surface area is 90.2 Å². The van der Waals surface area contributed by atoms with Crippen LogP contribution in [0.5, 0.6) is 0 Å². The maximum absolute atomic E-state index is 2.25. The molecule has 0 nitrogen and oxygen atoms in total. The van der Waals surface area contributed by atoms with Crippen LogP contribution in [0.15, 0.2) is 36.4 Å². The summed E-state index contributed by atoms with van der Waals surface area (Å²) in [5.74, 6) is 0. The van der Waals surface area contributed by atoms with Crippen molar-refractivity contribution in [1.82, 2.24) is 0 Å². The van der Waals surface area contributed by atoms with Crippen LogP contribution in [0.1, 0.15) is 31.4 Å². The molecule has 15 heavy (non-hydrogen) atoms. The second kappa shape index (κ2) is 2.96. The number of hydrogen-bond donors (Lipinski definition) is 0. The Kier molecular flexibility index (Phi) is 1.72. The van der Waals surface area contributed by atoms with E-state index in [1.807, 2.05) is 0 Å². The number of benzene rings is 2. The summed E-state index contributed by atoms with van der Waals surface area (Å²) >= 11 is 0. The number of hydrogen-bond acceptors (Lipinski definition) is 0. The van der Waals surface area contributed by atoms with Crippen molar-refractivity contribution in [2.24, 2.45) is 0 Å². The molecule has 2 aromatic carbocycles. The second-order valence-electron chi connectivity index (χ2n) is 4.17. The van der Waals surface area contributed by atoms with Crippen molar-refractivity contribution in [1.29, 1.82) is 0 Å². The van der Waals surface area contributed by atoms with Crippen LogP contribution in [-0.2, 0) is 0 Å². The zero-order valence-electron chi connectivity index (χ0n) is 9.17. The predicted molar refractivity (Wildman–Crippen MR) is 66.7 cm³/mol. The fourth-order valence-corrected chi connectivity index (χ4v) is 2.73. The minimum atomic E-state index is 1.12. The van der Waals surface area contributed by atoms with E-state index in [-0.39, 0.29) is 0 Å². The third kappa shape index (κ3) is 1.02. The molecular weight excluding hydrogens is 180 g/mol. The standard InChI is InChI=1S/C15H14/c1-3-12-10(2)13-8-4-6-11-7-5-9-14(12)15(11)13/h4-9H,3H2,1-2H3. The summed E-state index contributed by atoms with van der Waals surface area (Å²) in [7, 11) is 0. The zero-order valence-corrected chi connectivity index (χ0v) is 9.17. The van der Waals surface area contributed by atoms with Gasteiger partial charge in [-0.2, -0.15) is 0 Å². The molecule has 0 saturated carbocycles. The Hall–Kier alpha value is -1.56. The first-order valence-corrected chi connectivity index (χ1v) is 5.55. The summed E-state index contributed by atoms with van der Waals surface area (Å²) in [6.45, 7) is 4.48. The molecular formula is C15H14. The summed E-state index contributed by atoms with van der Waals surface area (Å²) in [4.78, 5) is 0. The van der Waals surface area contributed by atoms with Gasteiger partial charge in [0.1, 0.15) is 0 Å². The van der Waals surface area contributed by atoms with Crippen molar-refractivity contribution in [3.05, 3.63) is 47.5 Å². The lowest BCUT2D eigenvalue weighted by molar-refractivity contribution is 1.25. The molecule has 3 rings (SSSR count). The minimum absolute atomic E-state index is 1.12. The van der Waals surface area contributed by atoms with Crippen LogP contribution in [0.4, 0.5) is 0 Å². The van der Waals surface area contributed by atoms with Crippen LogP contribution in [0.3, 0.4) is 0 Å². The SMILES string of the molecule is CCC1=C(C)c2cccc3cccc1c23. The van der Waals surface area contributed by atoms with Crippen molar-refractivity contribution in [2.45, 2.75) is 20.3 Å². The molecule has 0 N–H and O–H groups in total. The fourth-order valence-electron chi connectivity index (χ4n) is 2.73. The Balaban J connectivity index is 2.50. The van der Waals surface area contributed by atoms with E-state index in [0.717, 1.165) is 6.42 Å². The van der Waals surface area contributed by atoms with E-state index >= 15 is 0 Å². The Morgan fingerprint density at radius 2 is 1.60 bits per heavy atom. The lowest BCUT2D eigenvalue weighted by Gasteiger charge is -2.02. The normalized spacial score (nSPS) is 14.0. The van der Waals surface area contributed by atoms with Gasteiger partial charge in [0.15, 0.2) is 0 Å². The van der Waals surface area contributed by atoms with Crippen molar-refractivity contribution in [3.63, 3.8) is 0 Å². The highest BCUT2D eigenvalue weighted by atomic mass is 14.2. The highest BCUT2D eigenvalue weighted by molar-refractivity contribution is 6.13. The Morgan fingerprint density at radius 1 is 0.933 bits per heavy atom. The van der Waals surface area contributed by atoms with Crippen molar-refractivity contribution >= 4 is 21.9 Å². The summed E-state index contributed by atoms with van der Waals surface area (Å²) in [6, 6.07) is 13.2. The van der Waals surface area contributed by atoms with E-state index in [1.54, 1.807) is 0 Å². The predicted octanol–water partition coefficient (Wildman–Crippen LogP) is 4.49. The van der Waals surface area contributed by atoms with Gasteiger partial charge in [-0.3, -0.25) is 0 Å².